The molecule has 146 valence electrons. The summed E-state index contributed by atoms with van der Waals surface area (Å²) in [5.41, 5.74) is 3.81. The SMILES string of the molecule is Cc1cc(C)n(-c2ccc(Nc3ccc(NC(=O)c4cnoc4C)cc3)nn2)n1. The van der Waals surface area contributed by atoms with Crippen molar-refractivity contribution in [2.45, 2.75) is 20.8 Å². The molecule has 4 aromatic rings. The fraction of sp³-hybridized carbons (Fsp3) is 0.150. The Hall–Kier alpha value is -4.01. The molecule has 3 aromatic heterocycles. The Morgan fingerprint density at radius 1 is 1.00 bits per heavy atom. The molecule has 0 aliphatic carbocycles. The second kappa shape index (κ2) is 7.55. The predicted octanol–water partition coefficient (Wildman–Crippen LogP) is 3.57. The van der Waals surface area contributed by atoms with Crippen molar-refractivity contribution in [3.05, 3.63) is 71.4 Å². The van der Waals surface area contributed by atoms with Crippen LogP contribution in [0.2, 0.25) is 0 Å². The lowest BCUT2D eigenvalue weighted by Crippen LogP contribution is -2.12. The van der Waals surface area contributed by atoms with E-state index in [-0.39, 0.29) is 5.91 Å². The van der Waals surface area contributed by atoms with E-state index in [2.05, 4.69) is 31.1 Å². The lowest BCUT2D eigenvalue weighted by molar-refractivity contribution is 0.102. The van der Waals surface area contributed by atoms with Gasteiger partial charge in [0.2, 0.25) is 0 Å². The third kappa shape index (κ3) is 3.98. The summed E-state index contributed by atoms with van der Waals surface area (Å²) in [4.78, 5) is 12.2. The van der Waals surface area contributed by atoms with Crippen LogP contribution >= 0.6 is 0 Å². The highest BCUT2D eigenvalue weighted by atomic mass is 16.5. The molecule has 9 nitrogen and oxygen atoms in total. The Morgan fingerprint density at radius 3 is 2.34 bits per heavy atom. The monoisotopic (exact) mass is 389 g/mol. The Balaban J connectivity index is 1.41. The molecule has 2 N–H and O–H groups in total. The van der Waals surface area contributed by atoms with Crippen molar-refractivity contribution < 1.29 is 9.32 Å². The zero-order valence-corrected chi connectivity index (χ0v) is 16.2. The van der Waals surface area contributed by atoms with Crippen molar-refractivity contribution >= 4 is 23.1 Å². The number of anilines is 3. The van der Waals surface area contributed by atoms with E-state index < -0.39 is 0 Å². The number of aromatic nitrogens is 5. The zero-order chi connectivity index (χ0) is 20.4. The summed E-state index contributed by atoms with van der Waals surface area (Å²) in [6.07, 6.45) is 1.40. The van der Waals surface area contributed by atoms with Crippen LogP contribution in [0.3, 0.4) is 0 Å². The van der Waals surface area contributed by atoms with Gasteiger partial charge >= 0.3 is 0 Å². The Bertz CT molecular complexity index is 1140. The van der Waals surface area contributed by atoms with E-state index in [1.54, 1.807) is 23.7 Å². The predicted molar refractivity (Wildman–Crippen MR) is 108 cm³/mol. The average Bonchev–Trinajstić information content (AvgIpc) is 3.28. The normalized spacial score (nSPS) is 10.7. The molecule has 0 aliphatic heterocycles. The minimum Gasteiger partial charge on any atom is -0.361 e. The number of amides is 1. The van der Waals surface area contributed by atoms with E-state index in [0.717, 1.165) is 17.1 Å². The van der Waals surface area contributed by atoms with Gasteiger partial charge in [-0.2, -0.15) is 5.10 Å². The quantitative estimate of drug-likeness (QED) is 0.537. The lowest BCUT2D eigenvalue weighted by Gasteiger charge is -2.08. The molecule has 1 aromatic carbocycles. The van der Waals surface area contributed by atoms with E-state index in [4.69, 9.17) is 4.52 Å². The van der Waals surface area contributed by atoms with Crippen LogP contribution in [0.15, 0.2) is 53.2 Å². The minimum atomic E-state index is -0.268. The summed E-state index contributed by atoms with van der Waals surface area (Å²) in [6.45, 7) is 5.60. The number of benzene rings is 1. The van der Waals surface area contributed by atoms with Crippen molar-refractivity contribution in [1.82, 2.24) is 25.1 Å². The van der Waals surface area contributed by atoms with Crippen LogP contribution in [-0.4, -0.2) is 31.0 Å². The number of carbonyl (C=O) groups is 1. The molecule has 0 bridgehead atoms. The number of aryl methyl sites for hydroxylation is 3. The van der Waals surface area contributed by atoms with Gasteiger partial charge in [0.15, 0.2) is 11.6 Å². The van der Waals surface area contributed by atoms with Crippen molar-refractivity contribution in [2.24, 2.45) is 0 Å². The Morgan fingerprint density at radius 2 is 1.76 bits per heavy atom. The van der Waals surface area contributed by atoms with Crippen LogP contribution in [0.4, 0.5) is 17.2 Å². The first-order valence-corrected chi connectivity index (χ1v) is 8.97. The Kier molecular flexibility index (Phi) is 4.78. The van der Waals surface area contributed by atoms with Crippen molar-refractivity contribution in [2.75, 3.05) is 10.6 Å². The largest absolute Gasteiger partial charge is 0.361 e. The van der Waals surface area contributed by atoms with Gasteiger partial charge < -0.3 is 15.2 Å². The number of nitrogens with one attached hydrogen (secondary N) is 2. The Labute approximate surface area is 166 Å². The van der Waals surface area contributed by atoms with Gasteiger partial charge in [-0.3, -0.25) is 4.79 Å². The summed E-state index contributed by atoms with van der Waals surface area (Å²) in [6, 6.07) is 12.9. The summed E-state index contributed by atoms with van der Waals surface area (Å²) >= 11 is 0. The van der Waals surface area contributed by atoms with E-state index in [9.17, 15) is 4.79 Å². The molecule has 0 radical (unpaired) electrons. The first kappa shape index (κ1) is 18.4. The number of nitrogens with zero attached hydrogens (tertiary/aromatic N) is 5. The van der Waals surface area contributed by atoms with Gasteiger partial charge in [-0.25, -0.2) is 4.68 Å². The van der Waals surface area contributed by atoms with Gasteiger partial charge in [0.05, 0.1) is 11.9 Å². The third-order valence-corrected chi connectivity index (χ3v) is 4.29. The first-order valence-electron chi connectivity index (χ1n) is 8.97. The van der Waals surface area contributed by atoms with Crippen molar-refractivity contribution in [3.8, 4) is 5.82 Å². The van der Waals surface area contributed by atoms with Crippen molar-refractivity contribution in [1.29, 1.82) is 0 Å². The van der Waals surface area contributed by atoms with E-state index >= 15 is 0 Å². The third-order valence-electron chi connectivity index (χ3n) is 4.29. The summed E-state index contributed by atoms with van der Waals surface area (Å²) < 4.78 is 6.66. The van der Waals surface area contributed by atoms with Gasteiger partial charge in [-0.1, -0.05) is 5.16 Å². The van der Waals surface area contributed by atoms with Crippen LogP contribution in [0.25, 0.3) is 5.82 Å². The minimum absolute atomic E-state index is 0.268. The van der Waals surface area contributed by atoms with Gasteiger partial charge in [-0.05, 0) is 63.2 Å². The molecule has 29 heavy (non-hydrogen) atoms. The molecule has 0 saturated heterocycles. The zero-order valence-electron chi connectivity index (χ0n) is 16.2. The molecule has 0 atom stereocenters. The van der Waals surface area contributed by atoms with Gasteiger partial charge in [0, 0.05) is 17.1 Å². The smallest absolute Gasteiger partial charge is 0.260 e. The molecule has 0 aliphatic rings. The molecule has 9 heteroatoms. The average molecular weight is 389 g/mol. The number of rotatable bonds is 5. The van der Waals surface area contributed by atoms with Gasteiger partial charge in [-0.15, -0.1) is 10.2 Å². The van der Waals surface area contributed by atoms with Crippen LogP contribution in [0.5, 0.6) is 0 Å². The molecular formula is C20H19N7O2. The number of hydrogen-bond acceptors (Lipinski definition) is 7. The standard InChI is InChI=1S/C20H19N7O2/c1-12-10-13(2)27(26-12)19-9-8-18(24-25-19)22-15-4-6-16(7-5-15)23-20(28)17-11-21-29-14(17)3/h4-11H,1-3H3,(H,22,24)(H,23,28). The second-order valence-electron chi connectivity index (χ2n) is 6.57. The lowest BCUT2D eigenvalue weighted by atomic mass is 10.2. The maximum atomic E-state index is 12.2. The summed E-state index contributed by atoms with van der Waals surface area (Å²) in [5.74, 6) is 1.47. The van der Waals surface area contributed by atoms with E-state index in [1.807, 2.05) is 44.2 Å². The highest BCUT2D eigenvalue weighted by Gasteiger charge is 2.13. The number of hydrogen-bond donors (Lipinski definition) is 2. The maximum Gasteiger partial charge on any atom is 0.260 e. The van der Waals surface area contributed by atoms with Gasteiger partial charge in [0.25, 0.3) is 5.91 Å². The van der Waals surface area contributed by atoms with Crippen LogP contribution < -0.4 is 10.6 Å². The first-order chi connectivity index (χ1) is 14.0. The molecule has 0 fully saturated rings. The highest BCUT2D eigenvalue weighted by molar-refractivity contribution is 6.04. The summed E-state index contributed by atoms with van der Waals surface area (Å²) in [7, 11) is 0. The van der Waals surface area contributed by atoms with E-state index in [1.165, 1.54) is 6.20 Å². The molecule has 0 spiro atoms. The van der Waals surface area contributed by atoms with Crippen molar-refractivity contribution in [3.63, 3.8) is 0 Å². The molecule has 0 unspecified atom stereocenters. The number of carbonyl (C=O) groups excluding carboxylic acids is 1. The molecular weight excluding hydrogens is 370 g/mol. The van der Waals surface area contributed by atoms with Crippen LogP contribution in [0.1, 0.15) is 27.5 Å². The maximum absolute atomic E-state index is 12.2. The molecule has 3 heterocycles. The van der Waals surface area contributed by atoms with Crippen LogP contribution in [-0.2, 0) is 0 Å². The van der Waals surface area contributed by atoms with Crippen LogP contribution in [0, 0.1) is 20.8 Å². The summed E-state index contributed by atoms with van der Waals surface area (Å²) in [5, 5.41) is 22.4. The highest BCUT2D eigenvalue weighted by Crippen LogP contribution is 2.19. The van der Waals surface area contributed by atoms with Gasteiger partial charge in [0.1, 0.15) is 11.3 Å². The second-order valence-corrected chi connectivity index (χ2v) is 6.57. The van der Waals surface area contributed by atoms with E-state index in [0.29, 0.717) is 28.6 Å². The molecule has 1 amide bonds. The topological polar surface area (TPSA) is 111 Å². The fourth-order valence-electron chi connectivity index (χ4n) is 2.87. The fourth-order valence-corrected chi connectivity index (χ4v) is 2.87. The molecule has 4 rings (SSSR count). The molecule has 0 saturated carbocycles.